The molecule has 20 heavy (non-hydrogen) atoms. The molecule has 0 atom stereocenters. The minimum Gasteiger partial charge on any atom is -0.488 e. The minimum atomic E-state index is -0.170. The molecule has 0 aliphatic heterocycles. The molecular weight excluding hydrogens is 276 g/mol. The van der Waals surface area contributed by atoms with Crippen LogP contribution in [0, 0.1) is 0 Å². The molecule has 3 rings (SSSR count). The van der Waals surface area contributed by atoms with Gasteiger partial charge in [-0.15, -0.1) is 0 Å². The molecule has 2 aromatic rings. The summed E-state index contributed by atoms with van der Waals surface area (Å²) in [6.07, 6.45) is -0.0589. The Bertz CT molecular complexity index is 689. The van der Waals surface area contributed by atoms with Gasteiger partial charge in [-0.25, -0.2) is 0 Å². The molecule has 0 N–H and O–H groups in total. The van der Waals surface area contributed by atoms with Crippen molar-refractivity contribution in [3.63, 3.8) is 0 Å². The van der Waals surface area contributed by atoms with E-state index in [0.717, 1.165) is 5.56 Å². The SMILES string of the molecule is O=C1CC(=O)c2c(OCc3ccc(Cl)cc3)cccc21. The lowest BCUT2D eigenvalue weighted by molar-refractivity contribution is 0.0922. The van der Waals surface area contributed by atoms with Gasteiger partial charge in [0.15, 0.2) is 11.6 Å². The van der Waals surface area contributed by atoms with Crippen LogP contribution in [0.4, 0.5) is 0 Å². The Labute approximate surface area is 121 Å². The zero-order chi connectivity index (χ0) is 14.1. The van der Waals surface area contributed by atoms with Crippen LogP contribution >= 0.6 is 11.6 Å². The van der Waals surface area contributed by atoms with E-state index in [1.54, 1.807) is 30.3 Å². The van der Waals surface area contributed by atoms with Crippen molar-refractivity contribution in [2.24, 2.45) is 0 Å². The molecule has 0 fully saturated rings. The highest BCUT2D eigenvalue weighted by molar-refractivity contribution is 6.30. The zero-order valence-corrected chi connectivity index (χ0v) is 11.3. The molecular formula is C16H11ClO3. The first kappa shape index (κ1) is 12.9. The highest BCUT2D eigenvalue weighted by Gasteiger charge is 2.30. The number of Topliss-reactive ketones (excluding diaryl/α,β-unsaturated/α-hetero) is 2. The second-order valence-electron chi connectivity index (χ2n) is 4.62. The maximum absolute atomic E-state index is 11.8. The van der Waals surface area contributed by atoms with E-state index in [0.29, 0.717) is 28.5 Å². The highest BCUT2D eigenvalue weighted by atomic mass is 35.5. The first-order valence-corrected chi connectivity index (χ1v) is 6.59. The smallest absolute Gasteiger partial charge is 0.175 e. The van der Waals surface area contributed by atoms with Gasteiger partial charge in [0.2, 0.25) is 0 Å². The molecule has 2 aromatic carbocycles. The lowest BCUT2D eigenvalue weighted by atomic mass is 10.1. The number of carbonyl (C=O) groups excluding carboxylic acids is 2. The van der Waals surface area contributed by atoms with Gasteiger partial charge in [0.05, 0.1) is 12.0 Å². The number of hydrogen-bond donors (Lipinski definition) is 0. The van der Waals surface area contributed by atoms with E-state index in [4.69, 9.17) is 16.3 Å². The third-order valence-corrected chi connectivity index (χ3v) is 3.49. The highest BCUT2D eigenvalue weighted by Crippen LogP contribution is 2.31. The van der Waals surface area contributed by atoms with Crippen molar-refractivity contribution >= 4 is 23.2 Å². The van der Waals surface area contributed by atoms with Crippen LogP contribution in [0.5, 0.6) is 5.75 Å². The number of benzene rings is 2. The van der Waals surface area contributed by atoms with Crippen LogP contribution in [0.1, 0.15) is 32.7 Å². The second-order valence-corrected chi connectivity index (χ2v) is 5.05. The number of halogens is 1. The Morgan fingerprint density at radius 3 is 2.50 bits per heavy atom. The number of hydrogen-bond acceptors (Lipinski definition) is 3. The summed E-state index contributed by atoms with van der Waals surface area (Å²) < 4.78 is 5.68. The van der Waals surface area contributed by atoms with Gasteiger partial charge in [0, 0.05) is 10.6 Å². The average molecular weight is 287 g/mol. The maximum atomic E-state index is 11.8. The Kier molecular flexibility index (Phi) is 3.28. The topological polar surface area (TPSA) is 43.4 Å². The number of rotatable bonds is 3. The van der Waals surface area contributed by atoms with Gasteiger partial charge in [-0.05, 0) is 23.8 Å². The van der Waals surface area contributed by atoms with Gasteiger partial charge in [0.25, 0.3) is 0 Å². The molecule has 0 saturated heterocycles. The fraction of sp³-hybridized carbons (Fsp3) is 0.125. The Morgan fingerprint density at radius 2 is 1.75 bits per heavy atom. The molecule has 0 amide bonds. The van der Waals surface area contributed by atoms with Gasteiger partial charge in [-0.1, -0.05) is 35.9 Å². The molecule has 100 valence electrons. The van der Waals surface area contributed by atoms with Crippen molar-refractivity contribution in [2.45, 2.75) is 13.0 Å². The molecule has 0 heterocycles. The van der Waals surface area contributed by atoms with Gasteiger partial charge in [0.1, 0.15) is 12.4 Å². The summed E-state index contributed by atoms with van der Waals surface area (Å²) in [5, 5.41) is 0.662. The maximum Gasteiger partial charge on any atom is 0.175 e. The predicted molar refractivity (Wildman–Crippen MR) is 75.5 cm³/mol. The first-order valence-electron chi connectivity index (χ1n) is 6.22. The Hall–Kier alpha value is -2.13. The second kappa shape index (κ2) is 5.10. The molecule has 0 saturated carbocycles. The first-order chi connectivity index (χ1) is 9.65. The summed E-state index contributed by atoms with van der Waals surface area (Å²) in [7, 11) is 0. The predicted octanol–water partition coefficient (Wildman–Crippen LogP) is 3.69. The molecule has 1 aliphatic rings. The summed E-state index contributed by atoms with van der Waals surface area (Å²) in [5.41, 5.74) is 1.82. The quantitative estimate of drug-likeness (QED) is 0.808. The fourth-order valence-electron chi connectivity index (χ4n) is 2.24. The summed E-state index contributed by atoms with van der Waals surface area (Å²) >= 11 is 5.82. The lowest BCUT2D eigenvalue weighted by Crippen LogP contribution is -2.01. The van der Waals surface area contributed by atoms with Crippen LogP contribution in [0.3, 0.4) is 0 Å². The third kappa shape index (κ3) is 2.32. The van der Waals surface area contributed by atoms with E-state index in [1.165, 1.54) is 0 Å². The lowest BCUT2D eigenvalue weighted by Gasteiger charge is -2.09. The molecule has 0 bridgehead atoms. The standard InChI is InChI=1S/C16H11ClO3/c17-11-6-4-10(5-7-11)9-20-15-3-1-2-12-13(18)8-14(19)16(12)15/h1-7H,8-9H2. The normalized spacial score (nSPS) is 13.4. The van der Waals surface area contributed by atoms with Crippen molar-refractivity contribution in [1.29, 1.82) is 0 Å². The van der Waals surface area contributed by atoms with Crippen LogP contribution in [0.25, 0.3) is 0 Å². The van der Waals surface area contributed by atoms with Crippen LogP contribution < -0.4 is 4.74 Å². The van der Waals surface area contributed by atoms with Crippen molar-refractivity contribution in [2.75, 3.05) is 0 Å². The molecule has 1 aliphatic carbocycles. The van der Waals surface area contributed by atoms with E-state index in [1.807, 2.05) is 12.1 Å². The Balaban J connectivity index is 1.84. The summed E-state index contributed by atoms with van der Waals surface area (Å²) in [5.74, 6) is 0.159. The number of ketones is 2. The third-order valence-electron chi connectivity index (χ3n) is 3.23. The van der Waals surface area contributed by atoms with Crippen LogP contribution in [0.2, 0.25) is 5.02 Å². The van der Waals surface area contributed by atoms with Crippen LogP contribution in [-0.2, 0) is 6.61 Å². The van der Waals surface area contributed by atoms with Gasteiger partial charge in [-0.2, -0.15) is 0 Å². The van der Waals surface area contributed by atoms with E-state index in [2.05, 4.69) is 0 Å². The van der Waals surface area contributed by atoms with E-state index in [9.17, 15) is 9.59 Å². The van der Waals surface area contributed by atoms with Crippen molar-refractivity contribution in [3.8, 4) is 5.75 Å². The number of ether oxygens (including phenoxy) is 1. The summed E-state index contributed by atoms with van der Waals surface area (Å²) in [6.45, 7) is 0.328. The molecule has 0 unspecified atom stereocenters. The average Bonchev–Trinajstić information content (AvgIpc) is 2.74. The van der Waals surface area contributed by atoms with Crippen LogP contribution in [-0.4, -0.2) is 11.6 Å². The zero-order valence-electron chi connectivity index (χ0n) is 10.6. The van der Waals surface area contributed by atoms with Gasteiger partial charge < -0.3 is 4.74 Å². The Morgan fingerprint density at radius 1 is 1.00 bits per heavy atom. The fourth-order valence-corrected chi connectivity index (χ4v) is 2.37. The summed E-state index contributed by atoms with van der Waals surface area (Å²) in [6, 6.07) is 12.4. The minimum absolute atomic E-state index is 0.0589. The van der Waals surface area contributed by atoms with Crippen molar-refractivity contribution in [3.05, 3.63) is 64.2 Å². The van der Waals surface area contributed by atoms with Crippen molar-refractivity contribution < 1.29 is 14.3 Å². The van der Waals surface area contributed by atoms with E-state index in [-0.39, 0.29) is 18.0 Å². The van der Waals surface area contributed by atoms with Crippen LogP contribution in [0.15, 0.2) is 42.5 Å². The molecule has 0 spiro atoms. The van der Waals surface area contributed by atoms with Gasteiger partial charge in [-0.3, -0.25) is 9.59 Å². The largest absolute Gasteiger partial charge is 0.488 e. The molecule has 3 nitrogen and oxygen atoms in total. The van der Waals surface area contributed by atoms with E-state index < -0.39 is 0 Å². The van der Waals surface area contributed by atoms with Gasteiger partial charge >= 0.3 is 0 Å². The monoisotopic (exact) mass is 286 g/mol. The summed E-state index contributed by atoms with van der Waals surface area (Å²) in [4.78, 5) is 23.5. The number of fused-ring (bicyclic) bond motifs is 1. The van der Waals surface area contributed by atoms with Crippen molar-refractivity contribution in [1.82, 2.24) is 0 Å². The van der Waals surface area contributed by atoms with E-state index >= 15 is 0 Å². The molecule has 4 heteroatoms. The molecule has 0 radical (unpaired) electrons. The molecule has 0 aromatic heterocycles. The number of carbonyl (C=O) groups is 2.